The predicted octanol–water partition coefficient (Wildman–Crippen LogP) is 3.02. The lowest BCUT2D eigenvalue weighted by Gasteiger charge is -2.27. The number of aliphatic imine (C=N–C) groups is 1. The molecule has 0 unspecified atom stereocenters. The third-order valence-corrected chi connectivity index (χ3v) is 3.05. The van der Waals surface area contributed by atoms with Crippen molar-refractivity contribution in [3.8, 4) is 0 Å². The molecule has 1 aliphatic heterocycles. The number of pyridine rings is 1. The van der Waals surface area contributed by atoms with Gasteiger partial charge in [-0.15, -0.1) is 0 Å². The van der Waals surface area contributed by atoms with Crippen LogP contribution in [0.3, 0.4) is 0 Å². The van der Waals surface area contributed by atoms with Crippen LogP contribution in [0.15, 0.2) is 17.3 Å². The summed E-state index contributed by atoms with van der Waals surface area (Å²) in [7, 11) is 0. The fourth-order valence-corrected chi connectivity index (χ4v) is 1.86. The van der Waals surface area contributed by atoms with E-state index in [1.165, 1.54) is 0 Å². The highest BCUT2D eigenvalue weighted by Gasteiger charge is 2.14. The van der Waals surface area contributed by atoms with Gasteiger partial charge in [-0.25, -0.2) is 4.98 Å². The Bertz CT molecular complexity index is 404. The molecule has 0 radical (unpaired) electrons. The number of nitrogens with zero attached hydrogens (tertiary/aromatic N) is 3. The maximum absolute atomic E-state index is 5.92. The standard InChI is InChI=1S/C10H11Cl2N3/c1-7-13-3-2-4-15(7)8-5-9(11)10(12)14-6-8/h5-6H,2-4H2,1H3. The van der Waals surface area contributed by atoms with Gasteiger partial charge in [0.1, 0.15) is 11.0 Å². The molecule has 5 heteroatoms. The molecule has 0 bridgehead atoms. The van der Waals surface area contributed by atoms with Gasteiger partial charge in [0.15, 0.2) is 0 Å². The molecule has 2 rings (SSSR count). The van der Waals surface area contributed by atoms with Crippen LogP contribution in [-0.2, 0) is 0 Å². The van der Waals surface area contributed by atoms with Gasteiger partial charge in [0, 0.05) is 13.1 Å². The van der Waals surface area contributed by atoms with Gasteiger partial charge in [0.2, 0.25) is 0 Å². The molecule has 1 aliphatic rings. The first-order chi connectivity index (χ1) is 7.18. The Morgan fingerprint density at radius 3 is 2.87 bits per heavy atom. The van der Waals surface area contributed by atoms with Crippen LogP contribution in [0.1, 0.15) is 13.3 Å². The Balaban J connectivity index is 2.33. The van der Waals surface area contributed by atoms with Gasteiger partial charge in [-0.1, -0.05) is 23.2 Å². The Kier molecular flexibility index (Phi) is 3.12. The van der Waals surface area contributed by atoms with Crippen LogP contribution in [0, 0.1) is 0 Å². The van der Waals surface area contributed by atoms with E-state index >= 15 is 0 Å². The molecule has 15 heavy (non-hydrogen) atoms. The fraction of sp³-hybridized carbons (Fsp3) is 0.400. The summed E-state index contributed by atoms with van der Waals surface area (Å²) in [5, 5.41) is 0.819. The smallest absolute Gasteiger partial charge is 0.147 e. The molecular formula is C10H11Cl2N3. The fourth-order valence-electron chi connectivity index (χ4n) is 1.59. The van der Waals surface area contributed by atoms with Gasteiger partial charge in [-0.05, 0) is 19.4 Å². The summed E-state index contributed by atoms with van der Waals surface area (Å²) in [5.74, 6) is 1.00. The summed E-state index contributed by atoms with van der Waals surface area (Å²) < 4.78 is 0. The minimum Gasteiger partial charge on any atom is -0.329 e. The Morgan fingerprint density at radius 1 is 1.40 bits per heavy atom. The number of amidine groups is 1. The van der Waals surface area contributed by atoms with Crippen molar-refractivity contribution in [2.45, 2.75) is 13.3 Å². The molecule has 2 heterocycles. The van der Waals surface area contributed by atoms with Gasteiger partial charge in [-0.2, -0.15) is 0 Å². The first kappa shape index (κ1) is 10.7. The third kappa shape index (κ3) is 2.24. The maximum atomic E-state index is 5.92. The number of halogens is 2. The molecule has 0 aromatic carbocycles. The molecule has 3 nitrogen and oxygen atoms in total. The number of rotatable bonds is 1. The Morgan fingerprint density at radius 2 is 2.20 bits per heavy atom. The molecule has 0 aliphatic carbocycles. The van der Waals surface area contributed by atoms with Gasteiger partial charge in [-0.3, -0.25) is 4.99 Å². The topological polar surface area (TPSA) is 28.5 Å². The van der Waals surface area contributed by atoms with Gasteiger partial charge >= 0.3 is 0 Å². The molecule has 0 amide bonds. The summed E-state index contributed by atoms with van der Waals surface area (Å²) in [6, 6.07) is 1.82. The van der Waals surface area contributed by atoms with Crippen molar-refractivity contribution < 1.29 is 0 Å². The minimum atomic E-state index is 0.340. The first-order valence-electron chi connectivity index (χ1n) is 4.78. The zero-order chi connectivity index (χ0) is 10.8. The van der Waals surface area contributed by atoms with Crippen LogP contribution in [0.4, 0.5) is 5.69 Å². The van der Waals surface area contributed by atoms with Gasteiger partial charge < -0.3 is 4.90 Å². The normalized spacial score (nSPS) is 16.5. The number of hydrogen-bond donors (Lipinski definition) is 0. The van der Waals surface area contributed by atoms with E-state index in [4.69, 9.17) is 23.2 Å². The van der Waals surface area contributed by atoms with E-state index in [1.54, 1.807) is 6.20 Å². The lowest BCUT2D eigenvalue weighted by atomic mass is 10.2. The highest BCUT2D eigenvalue weighted by atomic mass is 35.5. The lowest BCUT2D eigenvalue weighted by molar-refractivity contribution is 0.786. The van der Waals surface area contributed by atoms with Crippen LogP contribution in [0.2, 0.25) is 10.2 Å². The summed E-state index contributed by atoms with van der Waals surface area (Å²) in [4.78, 5) is 10.5. The van der Waals surface area contributed by atoms with Crippen LogP contribution in [-0.4, -0.2) is 23.9 Å². The minimum absolute atomic E-state index is 0.340. The summed E-state index contributed by atoms with van der Waals surface area (Å²) in [5.41, 5.74) is 0.949. The second-order valence-electron chi connectivity index (χ2n) is 3.40. The predicted molar refractivity (Wildman–Crippen MR) is 64.2 cm³/mol. The van der Waals surface area contributed by atoms with Crippen molar-refractivity contribution in [3.63, 3.8) is 0 Å². The number of hydrogen-bond acceptors (Lipinski definition) is 3. The summed E-state index contributed by atoms with van der Waals surface area (Å²) in [6.45, 7) is 3.84. The first-order valence-corrected chi connectivity index (χ1v) is 5.54. The van der Waals surface area contributed by atoms with Gasteiger partial charge in [0.05, 0.1) is 16.9 Å². The monoisotopic (exact) mass is 243 g/mol. The highest BCUT2D eigenvalue weighted by Crippen LogP contribution is 2.25. The lowest BCUT2D eigenvalue weighted by Crippen LogP contribution is -2.33. The molecule has 0 N–H and O–H groups in total. The van der Waals surface area contributed by atoms with E-state index < -0.39 is 0 Å². The highest BCUT2D eigenvalue weighted by molar-refractivity contribution is 6.41. The molecular weight excluding hydrogens is 233 g/mol. The van der Waals surface area contributed by atoms with E-state index in [9.17, 15) is 0 Å². The molecule has 0 atom stereocenters. The van der Waals surface area contributed by atoms with E-state index in [1.807, 2.05) is 13.0 Å². The molecule has 1 aromatic rings. The SMILES string of the molecule is CC1=NCCCN1c1cnc(Cl)c(Cl)c1. The van der Waals surface area contributed by atoms with E-state index in [0.717, 1.165) is 31.0 Å². The Labute approximate surface area is 98.7 Å². The third-order valence-electron chi connectivity index (χ3n) is 2.36. The van der Waals surface area contributed by atoms with Crippen LogP contribution >= 0.6 is 23.2 Å². The zero-order valence-corrected chi connectivity index (χ0v) is 9.89. The second-order valence-corrected chi connectivity index (χ2v) is 4.17. The quantitative estimate of drug-likeness (QED) is 0.710. The molecule has 80 valence electrons. The summed E-state index contributed by atoms with van der Waals surface area (Å²) in [6.07, 6.45) is 2.77. The second kappa shape index (κ2) is 4.37. The molecule has 0 fully saturated rings. The average molecular weight is 244 g/mol. The zero-order valence-electron chi connectivity index (χ0n) is 8.37. The maximum Gasteiger partial charge on any atom is 0.147 e. The van der Waals surface area contributed by atoms with Crippen molar-refractivity contribution >= 4 is 34.7 Å². The van der Waals surface area contributed by atoms with Crippen molar-refractivity contribution in [1.29, 1.82) is 0 Å². The average Bonchev–Trinajstić information content (AvgIpc) is 2.23. The van der Waals surface area contributed by atoms with E-state index in [0.29, 0.717) is 10.2 Å². The van der Waals surface area contributed by atoms with Crippen molar-refractivity contribution in [3.05, 3.63) is 22.4 Å². The largest absolute Gasteiger partial charge is 0.329 e. The van der Waals surface area contributed by atoms with Crippen LogP contribution in [0.25, 0.3) is 0 Å². The number of anilines is 1. The van der Waals surface area contributed by atoms with Crippen molar-refractivity contribution in [2.24, 2.45) is 4.99 Å². The molecule has 0 spiro atoms. The summed E-state index contributed by atoms with van der Waals surface area (Å²) >= 11 is 11.7. The molecule has 0 saturated heterocycles. The number of aromatic nitrogens is 1. The molecule has 0 saturated carbocycles. The van der Waals surface area contributed by atoms with Crippen molar-refractivity contribution in [1.82, 2.24) is 4.98 Å². The van der Waals surface area contributed by atoms with E-state index in [2.05, 4.69) is 14.9 Å². The van der Waals surface area contributed by atoms with E-state index in [-0.39, 0.29) is 0 Å². The van der Waals surface area contributed by atoms with Crippen LogP contribution in [0.5, 0.6) is 0 Å². The molecule has 1 aromatic heterocycles. The van der Waals surface area contributed by atoms with Crippen LogP contribution < -0.4 is 4.90 Å². The van der Waals surface area contributed by atoms with Gasteiger partial charge in [0.25, 0.3) is 0 Å². The van der Waals surface area contributed by atoms with Crippen molar-refractivity contribution in [2.75, 3.05) is 18.0 Å². The Hall–Kier alpha value is -0.800.